The Morgan fingerprint density at radius 2 is 1.89 bits per heavy atom. The van der Waals surface area contributed by atoms with Crippen LogP contribution in [0.5, 0.6) is 0 Å². The second-order valence-corrected chi connectivity index (χ2v) is 5.51. The molecule has 1 aromatic heterocycles. The summed E-state index contributed by atoms with van der Waals surface area (Å²) in [6.07, 6.45) is 4.96. The van der Waals surface area contributed by atoms with Crippen molar-refractivity contribution in [3.63, 3.8) is 0 Å². The zero-order valence-corrected chi connectivity index (χ0v) is 12.2. The summed E-state index contributed by atoms with van der Waals surface area (Å²) in [5.41, 5.74) is 1.32. The molecule has 0 aliphatic heterocycles. The van der Waals surface area contributed by atoms with Gasteiger partial charge >= 0.3 is 0 Å². The van der Waals surface area contributed by atoms with Crippen molar-refractivity contribution in [2.75, 3.05) is 20.1 Å². The second kappa shape index (κ2) is 8.22. The molecule has 0 saturated heterocycles. The Kier molecular flexibility index (Phi) is 6.91. The third-order valence-corrected chi connectivity index (χ3v) is 3.27. The summed E-state index contributed by atoms with van der Waals surface area (Å²) in [6.45, 7) is 9.94. The van der Waals surface area contributed by atoms with Crippen LogP contribution in [0.15, 0.2) is 24.5 Å². The molecule has 18 heavy (non-hydrogen) atoms. The topological polar surface area (TPSA) is 28.2 Å². The molecule has 0 spiro atoms. The maximum atomic E-state index is 4.04. The number of nitrogens with zero attached hydrogens (tertiary/aromatic N) is 2. The highest BCUT2D eigenvalue weighted by atomic mass is 15.1. The Morgan fingerprint density at radius 1 is 1.22 bits per heavy atom. The second-order valence-electron chi connectivity index (χ2n) is 5.51. The van der Waals surface area contributed by atoms with E-state index in [4.69, 9.17) is 0 Å². The van der Waals surface area contributed by atoms with Gasteiger partial charge in [-0.05, 0) is 50.6 Å². The highest BCUT2D eigenvalue weighted by molar-refractivity contribution is 5.09. The van der Waals surface area contributed by atoms with Crippen molar-refractivity contribution in [3.8, 4) is 0 Å². The molecule has 3 nitrogen and oxygen atoms in total. The van der Waals surface area contributed by atoms with Gasteiger partial charge in [0.25, 0.3) is 0 Å². The lowest BCUT2D eigenvalue weighted by Gasteiger charge is -2.25. The van der Waals surface area contributed by atoms with Crippen LogP contribution in [-0.4, -0.2) is 36.1 Å². The first-order valence-corrected chi connectivity index (χ1v) is 6.89. The molecule has 0 amide bonds. The molecule has 1 heterocycles. The van der Waals surface area contributed by atoms with Crippen molar-refractivity contribution in [1.29, 1.82) is 0 Å². The smallest absolute Gasteiger partial charge is 0.0271 e. The molecule has 0 radical (unpaired) electrons. The fraction of sp³-hybridized carbons (Fsp3) is 0.667. The van der Waals surface area contributed by atoms with E-state index < -0.39 is 0 Å². The molecule has 0 bridgehead atoms. The molecule has 0 fully saturated rings. The molecular formula is C15H27N3. The minimum absolute atomic E-state index is 0.547. The largest absolute Gasteiger partial charge is 0.315 e. The van der Waals surface area contributed by atoms with E-state index in [1.165, 1.54) is 12.0 Å². The van der Waals surface area contributed by atoms with Crippen LogP contribution in [0.2, 0.25) is 0 Å². The zero-order chi connectivity index (χ0) is 13.4. The van der Waals surface area contributed by atoms with Crippen molar-refractivity contribution >= 4 is 0 Å². The predicted octanol–water partition coefficient (Wildman–Crippen LogP) is 2.54. The summed E-state index contributed by atoms with van der Waals surface area (Å²) < 4.78 is 0. The van der Waals surface area contributed by atoms with Gasteiger partial charge in [0, 0.05) is 31.5 Å². The first kappa shape index (κ1) is 15.1. The van der Waals surface area contributed by atoms with Crippen molar-refractivity contribution in [3.05, 3.63) is 30.1 Å². The van der Waals surface area contributed by atoms with Crippen LogP contribution in [0.3, 0.4) is 0 Å². The van der Waals surface area contributed by atoms with Crippen LogP contribution in [0.4, 0.5) is 0 Å². The van der Waals surface area contributed by atoms with Gasteiger partial charge in [-0.1, -0.05) is 13.8 Å². The van der Waals surface area contributed by atoms with Crippen LogP contribution in [0.1, 0.15) is 32.8 Å². The lowest BCUT2D eigenvalue weighted by atomic mass is 10.1. The van der Waals surface area contributed by atoms with Crippen LogP contribution < -0.4 is 5.32 Å². The standard InChI is InChI=1S/C15H27N3/c1-13(2)5-8-17-11-14(3)18(4)12-15-6-9-16-10-7-15/h6-7,9-10,13-14,17H,5,8,11-12H2,1-4H3. The van der Waals surface area contributed by atoms with Gasteiger partial charge in [-0.15, -0.1) is 0 Å². The van der Waals surface area contributed by atoms with Gasteiger partial charge in [-0.3, -0.25) is 9.88 Å². The van der Waals surface area contributed by atoms with Gasteiger partial charge in [0.05, 0.1) is 0 Å². The minimum atomic E-state index is 0.547. The van der Waals surface area contributed by atoms with Crippen molar-refractivity contribution < 1.29 is 0 Å². The van der Waals surface area contributed by atoms with Gasteiger partial charge in [-0.25, -0.2) is 0 Å². The quantitative estimate of drug-likeness (QED) is 0.718. The maximum Gasteiger partial charge on any atom is 0.0271 e. The van der Waals surface area contributed by atoms with E-state index in [2.05, 4.69) is 55.2 Å². The molecule has 0 aromatic carbocycles. The molecular weight excluding hydrogens is 222 g/mol. The minimum Gasteiger partial charge on any atom is -0.315 e. The summed E-state index contributed by atoms with van der Waals surface area (Å²) in [4.78, 5) is 6.42. The lowest BCUT2D eigenvalue weighted by Crippen LogP contribution is -2.38. The van der Waals surface area contributed by atoms with Gasteiger partial charge in [0.2, 0.25) is 0 Å². The van der Waals surface area contributed by atoms with E-state index in [0.29, 0.717) is 6.04 Å². The molecule has 1 N–H and O–H groups in total. The highest BCUT2D eigenvalue weighted by Crippen LogP contribution is 2.04. The molecule has 3 heteroatoms. The zero-order valence-electron chi connectivity index (χ0n) is 12.2. The van der Waals surface area contributed by atoms with E-state index in [1.807, 2.05) is 12.4 Å². The third kappa shape index (κ3) is 6.12. The van der Waals surface area contributed by atoms with Gasteiger partial charge in [0.1, 0.15) is 0 Å². The summed E-state index contributed by atoms with van der Waals surface area (Å²) in [7, 11) is 2.18. The first-order chi connectivity index (χ1) is 8.59. The summed E-state index contributed by atoms with van der Waals surface area (Å²) in [5, 5.41) is 3.53. The van der Waals surface area contributed by atoms with Crippen LogP contribution in [-0.2, 0) is 6.54 Å². The Balaban J connectivity index is 2.22. The summed E-state index contributed by atoms with van der Waals surface area (Å²) in [6, 6.07) is 4.70. The number of hydrogen-bond donors (Lipinski definition) is 1. The molecule has 1 unspecified atom stereocenters. The van der Waals surface area contributed by atoms with Crippen LogP contribution in [0, 0.1) is 5.92 Å². The number of aromatic nitrogens is 1. The Morgan fingerprint density at radius 3 is 2.50 bits per heavy atom. The number of nitrogens with one attached hydrogen (secondary N) is 1. The normalized spacial score (nSPS) is 13.2. The van der Waals surface area contributed by atoms with Crippen LogP contribution in [0.25, 0.3) is 0 Å². The van der Waals surface area contributed by atoms with Gasteiger partial charge in [0.15, 0.2) is 0 Å². The Labute approximate surface area is 112 Å². The molecule has 0 aliphatic rings. The number of pyridine rings is 1. The predicted molar refractivity (Wildman–Crippen MR) is 77.5 cm³/mol. The molecule has 0 aliphatic carbocycles. The number of rotatable bonds is 8. The Hall–Kier alpha value is -0.930. The van der Waals surface area contributed by atoms with Crippen molar-refractivity contribution in [1.82, 2.24) is 15.2 Å². The first-order valence-electron chi connectivity index (χ1n) is 6.89. The third-order valence-electron chi connectivity index (χ3n) is 3.27. The fourth-order valence-electron chi connectivity index (χ4n) is 1.79. The molecule has 1 aromatic rings. The maximum absolute atomic E-state index is 4.04. The molecule has 1 rings (SSSR count). The summed E-state index contributed by atoms with van der Waals surface area (Å²) >= 11 is 0. The lowest BCUT2D eigenvalue weighted by molar-refractivity contribution is 0.242. The molecule has 1 atom stereocenters. The number of likely N-dealkylation sites (N-methyl/N-ethyl adjacent to an activating group) is 1. The van der Waals surface area contributed by atoms with E-state index >= 15 is 0 Å². The highest BCUT2D eigenvalue weighted by Gasteiger charge is 2.09. The summed E-state index contributed by atoms with van der Waals surface area (Å²) in [5.74, 6) is 0.780. The SMILES string of the molecule is CC(C)CCNCC(C)N(C)Cc1ccncc1. The van der Waals surface area contributed by atoms with Crippen molar-refractivity contribution in [2.45, 2.75) is 39.8 Å². The van der Waals surface area contributed by atoms with Crippen LogP contribution >= 0.6 is 0 Å². The monoisotopic (exact) mass is 249 g/mol. The van der Waals surface area contributed by atoms with E-state index in [9.17, 15) is 0 Å². The van der Waals surface area contributed by atoms with E-state index in [0.717, 1.165) is 25.6 Å². The average molecular weight is 249 g/mol. The average Bonchev–Trinajstić information content (AvgIpc) is 2.35. The molecule has 0 saturated carbocycles. The fourth-order valence-corrected chi connectivity index (χ4v) is 1.79. The van der Waals surface area contributed by atoms with E-state index in [-0.39, 0.29) is 0 Å². The van der Waals surface area contributed by atoms with Gasteiger partial charge < -0.3 is 5.32 Å². The number of hydrogen-bond acceptors (Lipinski definition) is 3. The Bertz CT molecular complexity index is 311. The van der Waals surface area contributed by atoms with Crippen molar-refractivity contribution in [2.24, 2.45) is 5.92 Å². The van der Waals surface area contributed by atoms with E-state index in [1.54, 1.807) is 0 Å². The van der Waals surface area contributed by atoms with Gasteiger partial charge in [-0.2, -0.15) is 0 Å². The molecule has 102 valence electrons.